The van der Waals surface area contributed by atoms with Crippen molar-refractivity contribution in [2.24, 2.45) is 0 Å². The summed E-state index contributed by atoms with van der Waals surface area (Å²) < 4.78 is 24.4. The summed E-state index contributed by atoms with van der Waals surface area (Å²) >= 11 is 4.95. The smallest absolute Gasteiger partial charge is 0.220 e. The fraction of sp³-hybridized carbons (Fsp3) is 0.667. The second kappa shape index (κ2) is 3.06. The molecule has 6 nitrogen and oxygen atoms in total. The van der Waals surface area contributed by atoms with Crippen LogP contribution in [0.3, 0.4) is 0 Å². The Bertz CT molecular complexity index is 500. The van der Waals surface area contributed by atoms with Crippen LogP contribution in [0.1, 0.15) is 12.5 Å². The Kier molecular flexibility index (Phi) is 2.11. The van der Waals surface area contributed by atoms with Gasteiger partial charge in [0.15, 0.2) is 14.6 Å². The first kappa shape index (κ1) is 9.66. The number of nitrogens with two attached hydrogens (primary N) is 1. The average molecular weight is 234 g/mol. The van der Waals surface area contributed by atoms with Crippen LogP contribution in [0.2, 0.25) is 0 Å². The lowest BCUT2D eigenvalue weighted by Gasteiger charge is -2.09. The van der Waals surface area contributed by atoms with E-state index in [9.17, 15) is 8.42 Å². The van der Waals surface area contributed by atoms with Gasteiger partial charge in [-0.3, -0.25) is 4.57 Å². The average Bonchev–Trinajstić information content (AvgIpc) is 2.56. The van der Waals surface area contributed by atoms with Crippen molar-refractivity contribution in [2.75, 3.05) is 17.2 Å². The van der Waals surface area contributed by atoms with Gasteiger partial charge in [0.25, 0.3) is 0 Å². The van der Waals surface area contributed by atoms with E-state index in [1.165, 1.54) is 0 Å². The van der Waals surface area contributed by atoms with Gasteiger partial charge in [0, 0.05) is 0 Å². The highest BCUT2D eigenvalue weighted by atomic mass is 32.2. The summed E-state index contributed by atoms with van der Waals surface area (Å²) in [5, 5.41) is 6.27. The summed E-state index contributed by atoms with van der Waals surface area (Å²) in [4.78, 5) is 0. The minimum Gasteiger partial charge on any atom is -0.368 e. The number of hydrogen-bond donors (Lipinski definition) is 2. The molecule has 1 unspecified atom stereocenters. The van der Waals surface area contributed by atoms with E-state index >= 15 is 0 Å². The van der Waals surface area contributed by atoms with Gasteiger partial charge in [-0.2, -0.15) is 0 Å². The number of sulfone groups is 1. The molecule has 1 saturated heterocycles. The van der Waals surface area contributed by atoms with E-state index in [2.05, 4.69) is 10.2 Å². The lowest BCUT2D eigenvalue weighted by Crippen LogP contribution is -2.13. The number of nitrogen functional groups attached to an aromatic ring is 1. The Morgan fingerprint density at radius 3 is 2.79 bits per heavy atom. The molecule has 1 fully saturated rings. The molecule has 2 rings (SSSR count). The molecular formula is C6H10N4O2S2. The van der Waals surface area contributed by atoms with Gasteiger partial charge in [0.2, 0.25) is 5.95 Å². The maximum atomic E-state index is 11.2. The van der Waals surface area contributed by atoms with E-state index in [1.807, 2.05) is 0 Å². The van der Waals surface area contributed by atoms with Crippen LogP contribution >= 0.6 is 12.2 Å². The van der Waals surface area contributed by atoms with Crippen LogP contribution in [0, 0.1) is 4.77 Å². The number of nitrogens with zero attached hydrogens (tertiary/aromatic N) is 2. The van der Waals surface area contributed by atoms with Crippen LogP contribution in [0.4, 0.5) is 5.95 Å². The van der Waals surface area contributed by atoms with Gasteiger partial charge in [-0.25, -0.2) is 13.5 Å². The minimum absolute atomic E-state index is 0.102. The molecule has 1 aliphatic rings. The molecule has 8 heteroatoms. The highest BCUT2D eigenvalue weighted by Gasteiger charge is 2.30. The van der Waals surface area contributed by atoms with Crippen LogP contribution in [-0.4, -0.2) is 34.7 Å². The lowest BCUT2D eigenvalue weighted by molar-refractivity contribution is 0.555. The van der Waals surface area contributed by atoms with Gasteiger partial charge >= 0.3 is 0 Å². The summed E-state index contributed by atoms with van der Waals surface area (Å²) in [5.41, 5.74) is 5.57. The number of anilines is 1. The number of aromatic amines is 1. The highest BCUT2D eigenvalue weighted by Crippen LogP contribution is 2.25. The van der Waals surface area contributed by atoms with Gasteiger partial charge in [-0.1, -0.05) is 0 Å². The third kappa shape index (κ3) is 1.55. The van der Waals surface area contributed by atoms with Crippen molar-refractivity contribution in [3.63, 3.8) is 0 Å². The molecule has 78 valence electrons. The van der Waals surface area contributed by atoms with Crippen molar-refractivity contribution in [3.05, 3.63) is 4.77 Å². The Morgan fingerprint density at radius 1 is 1.64 bits per heavy atom. The summed E-state index contributed by atoms with van der Waals surface area (Å²) in [6.45, 7) is 0. The molecule has 0 aromatic carbocycles. The van der Waals surface area contributed by atoms with E-state index in [-0.39, 0.29) is 23.5 Å². The SMILES string of the molecule is Nc1n[nH]c(=S)n1C1CCS(=O)(=O)C1. The summed E-state index contributed by atoms with van der Waals surface area (Å²) in [7, 11) is -2.92. The molecule has 0 spiro atoms. The second-order valence-corrected chi connectivity index (χ2v) is 5.93. The zero-order valence-electron chi connectivity index (χ0n) is 7.30. The van der Waals surface area contributed by atoms with Crippen LogP contribution < -0.4 is 5.73 Å². The Balaban J connectivity index is 2.39. The van der Waals surface area contributed by atoms with E-state index in [1.54, 1.807) is 4.57 Å². The van der Waals surface area contributed by atoms with Crippen molar-refractivity contribution in [1.29, 1.82) is 0 Å². The predicted molar refractivity (Wildman–Crippen MR) is 54.1 cm³/mol. The largest absolute Gasteiger partial charge is 0.368 e. The van der Waals surface area contributed by atoms with Crippen molar-refractivity contribution in [2.45, 2.75) is 12.5 Å². The van der Waals surface area contributed by atoms with E-state index < -0.39 is 9.84 Å². The number of nitrogens with one attached hydrogen (secondary N) is 1. The quantitative estimate of drug-likeness (QED) is 0.661. The summed E-state index contributed by atoms with van der Waals surface area (Å²) in [6.07, 6.45) is 0.556. The number of aromatic nitrogens is 3. The molecule has 14 heavy (non-hydrogen) atoms. The number of hydrogen-bond acceptors (Lipinski definition) is 5. The Labute approximate surface area is 86.0 Å². The van der Waals surface area contributed by atoms with E-state index in [0.717, 1.165) is 0 Å². The van der Waals surface area contributed by atoms with Gasteiger partial charge in [0.05, 0.1) is 17.5 Å². The second-order valence-electron chi connectivity index (χ2n) is 3.31. The summed E-state index contributed by atoms with van der Waals surface area (Å²) in [6, 6.07) is -0.161. The highest BCUT2D eigenvalue weighted by molar-refractivity contribution is 7.91. The fourth-order valence-corrected chi connectivity index (χ4v) is 3.64. The molecule has 1 atom stereocenters. The van der Waals surface area contributed by atoms with Crippen LogP contribution in [-0.2, 0) is 9.84 Å². The third-order valence-corrected chi connectivity index (χ3v) is 4.34. The third-order valence-electron chi connectivity index (χ3n) is 2.31. The molecule has 3 N–H and O–H groups in total. The minimum atomic E-state index is -2.92. The monoisotopic (exact) mass is 234 g/mol. The fourth-order valence-electron chi connectivity index (χ4n) is 1.65. The normalized spacial score (nSPS) is 25.3. The number of H-pyrrole nitrogens is 1. The van der Waals surface area contributed by atoms with Crippen molar-refractivity contribution >= 4 is 28.0 Å². The molecule has 0 aliphatic carbocycles. The zero-order chi connectivity index (χ0) is 10.3. The van der Waals surface area contributed by atoms with Gasteiger partial charge < -0.3 is 5.73 Å². The Hall–Kier alpha value is -0.890. The molecule has 1 aromatic rings. The van der Waals surface area contributed by atoms with Crippen LogP contribution in [0.25, 0.3) is 0 Å². The van der Waals surface area contributed by atoms with Crippen LogP contribution in [0.5, 0.6) is 0 Å². The lowest BCUT2D eigenvalue weighted by atomic mass is 10.3. The molecular weight excluding hydrogens is 224 g/mol. The first-order chi connectivity index (χ1) is 6.49. The van der Waals surface area contributed by atoms with Gasteiger partial charge in [-0.05, 0) is 18.6 Å². The molecule has 0 bridgehead atoms. The maximum Gasteiger partial charge on any atom is 0.220 e. The van der Waals surface area contributed by atoms with Crippen molar-refractivity contribution in [3.8, 4) is 0 Å². The summed E-state index contributed by atoms with van der Waals surface area (Å²) in [5.74, 6) is 0.548. The maximum absolute atomic E-state index is 11.2. The van der Waals surface area contributed by atoms with E-state index in [0.29, 0.717) is 11.2 Å². The molecule has 0 radical (unpaired) electrons. The van der Waals surface area contributed by atoms with E-state index in [4.69, 9.17) is 18.0 Å². The van der Waals surface area contributed by atoms with Gasteiger partial charge in [-0.15, -0.1) is 5.10 Å². The molecule has 0 amide bonds. The predicted octanol–water partition coefficient (Wildman–Crippen LogP) is -0.118. The van der Waals surface area contributed by atoms with Crippen molar-refractivity contribution in [1.82, 2.24) is 14.8 Å². The zero-order valence-corrected chi connectivity index (χ0v) is 8.94. The standard InChI is InChI=1S/C6H10N4O2S2/c7-5-8-9-6(13)10(5)4-1-2-14(11,12)3-4/h4H,1-3H2,(H2,7,8)(H,9,13). The van der Waals surface area contributed by atoms with Crippen molar-refractivity contribution < 1.29 is 8.42 Å². The Morgan fingerprint density at radius 2 is 2.36 bits per heavy atom. The molecule has 1 aliphatic heterocycles. The first-order valence-corrected chi connectivity index (χ1v) is 6.35. The molecule has 2 heterocycles. The molecule has 0 saturated carbocycles. The molecule has 1 aromatic heterocycles. The van der Waals surface area contributed by atoms with Gasteiger partial charge in [0.1, 0.15) is 0 Å². The topological polar surface area (TPSA) is 93.8 Å². The number of rotatable bonds is 1. The first-order valence-electron chi connectivity index (χ1n) is 4.12. The van der Waals surface area contributed by atoms with Crippen LogP contribution in [0.15, 0.2) is 0 Å².